The monoisotopic (exact) mass is 259 g/mol. The van der Waals surface area contributed by atoms with Gasteiger partial charge in [-0.2, -0.15) is 0 Å². The average molecular weight is 259 g/mol. The Hall–Kier alpha value is -2.14. The van der Waals surface area contributed by atoms with Gasteiger partial charge in [0.1, 0.15) is 6.61 Å². The fourth-order valence-corrected chi connectivity index (χ4v) is 1.69. The lowest BCUT2D eigenvalue weighted by Gasteiger charge is -2.18. The number of fused-ring (bicyclic) bond motifs is 1. The SMILES string of the molecule is CC(C)(N)COc1cc(C(N)=O)c2ccccc2n1. The van der Waals surface area contributed by atoms with E-state index in [9.17, 15) is 4.79 Å². The van der Waals surface area contributed by atoms with E-state index in [1.807, 2.05) is 32.0 Å². The maximum absolute atomic E-state index is 11.5. The summed E-state index contributed by atoms with van der Waals surface area (Å²) in [5, 5.41) is 0.717. The molecule has 19 heavy (non-hydrogen) atoms. The van der Waals surface area contributed by atoms with Crippen LogP contribution >= 0.6 is 0 Å². The summed E-state index contributed by atoms with van der Waals surface area (Å²) < 4.78 is 5.53. The van der Waals surface area contributed by atoms with Crippen molar-refractivity contribution in [1.82, 2.24) is 4.98 Å². The number of primary amides is 1. The van der Waals surface area contributed by atoms with Crippen LogP contribution in [0.1, 0.15) is 24.2 Å². The normalized spacial score (nSPS) is 11.5. The highest BCUT2D eigenvalue weighted by atomic mass is 16.5. The Morgan fingerprint density at radius 1 is 1.37 bits per heavy atom. The quantitative estimate of drug-likeness (QED) is 0.869. The van der Waals surface area contributed by atoms with Crippen LogP contribution in [-0.4, -0.2) is 23.0 Å². The molecule has 100 valence electrons. The van der Waals surface area contributed by atoms with Crippen molar-refractivity contribution < 1.29 is 9.53 Å². The highest BCUT2D eigenvalue weighted by molar-refractivity contribution is 6.05. The van der Waals surface area contributed by atoms with Gasteiger partial charge in [0.05, 0.1) is 11.1 Å². The number of ether oxygens (including phenoxy) is 1. The zero-order valence-corrected chi connectivity index (χ0v) is 11.0. The molecular formula is C14H17N3O2. The lowest BCUT2D eigenvalue weighted by atomic mass is 10.1. The van der Waals surface area contributed by atoms with Crippen molar-refractivity contribution in [3.05, 3.63) is 35.9 Å². The van der Waals surface area contributed by atoms with Gasteiger partial charge in [-0.05, 0) is 19.9 Å². The van der Waals surface area contributed by atoms with Crippen LogP contribution in [0.25, 0.3) is 10.9 Å². The van der Waals surface area contributed by atoms with Gasteiger partial charge in [0.15, 0.2) is 0 Å². The van der Waals surface area contributed by atoms with E-state index in [0.717, 1.165) is 0 Å². The summed E-state index contributed by atoms with van der Waals surface area (Å²) in [7, 11) is 0. The van der Waals surface area contributed by atoms with Crippen LogP contribution in [0.2, 0.25) is 0 Å². The molecule has 2 aromatic rings. The minimum absolute atomic E-state index is 0.302. The van der Waals surface area contributed by atoms with Crippen molar-refractivity contribution in [2.24, 2.45) is 11.5 Å². The highest BCUT2D eigenvalue weighted by Crippen LogP contribution is 2.22. The summed E-state index contributed by atoms with van der Waals surface area (Å²) in [6.07, 6.45) is 0. The summed E-state index contributed by atoms with van der Waals surface area (Å²) in [4.78, 5) is 15.8. The molecule has 5 heteroatoms. The number of carbonyl (C=O) groups is 1. The third kappa shape index (κ3) is 3.20. The Kier molecular flexibility index (Phi) is 3.40. The lowest BCUT2D eigenvalue weighted by molar-refractivity contribution is 0.100. The standard InChI is InChI=1S/C14H17N3O2/c1-14(2,16)8-19-12-7-10(13(15)18)9-5-3-4-6-11(9)17-12/h3-7H,8,16H2,1-2H3,(H2,15,18). The van der Waals surface area contributed by atoms with Crippen LogP contribution in [0.3, 0.4) is 0 Å². The summed E-state index contributed by atoms with van der Waals surface area (Å²) >= 11 is 0. The van der Waals surface area contributed by atoms with E-state index in [4.69, 9.17) is 16.2 Å². The van der Waals surface area contributed by atoms with Gasteiger partial charge in [0, 0.05) is 17.0 Å². The highest BCUT2D eigenvalue weighted by Gasteiger charge is 2.14. The molecule has 1 aromatic heterocycles. The molecule has 0 saturated heterocycles. The molecule has 2 rings (SSSR count). The Labute approximate surface area is 111 Å². The van der Waals surface area contributed by atoms with Crippen molar-refractivity contribution in [2.75, 3.05) is 6.61 Å². The van der Waals surface area contributed by atoms with Crippen LogP contribution in [0.4, 0.5) is 0 Å². The third-order valence-electron chi connectivity index (χ3n) is 2.55. The molecule has 1 heterocycles. The molecule has 1 amide bonds. The minimum Gasteiger partial charge on any atom is -0.476 e. The van der Waals surface area contributed by atoms with Gasteiger partial charge >= 0.3 is 0 Å². The molecule has 1 aromatic carbocycles. The second kappa shape index (κ2) is 4.85. The first-order valence-electron chi connectivity index (χ1n) is 5.98. The largest absolute Gasteiger partial charge is 0.476 e. The van der Waals surface area contributed by atoms with E-state index in [1.165, 1.54) is 0 Å². The fourth-order valence-electron chi connectivity index (χ4n) is 1.69. The number of para-hydroxylation sites is 1. The predicted octanol–water partition coefficient (Wildman–Crippen LogP) is 1.45. The van der Waals surface area contributed by atoms with E-state index in [1.54, 1.807) is 12.1 Å². The summed E-state index contributed by atoms with van der Waals surface area (Å²) in [6.45, 7) is 4.00. The van der Waals surface area contributed by atoms with E-state index < -0.39 is 11.4 Å². The Balaban J connectivity index is 2.44. The summed E-state index contributed by atoms with van der Waals surface area (Å²) in [6, 6.07) is 8.84. The zero-order valence-electron chi connectivity index (χ0n) is 11.0. The van der Waals surface area contributed by atoms with E-state index in [0.29, 0.717) is 29.0 Å². The van der Waals surface area contributed by atoms with E-state index in [2.05, 4.69) is 4.98 Å². The summed E-state index contributed by atoms with van der Waals surface area (Å²) in [5.41, 5.74) is 11.8. The van der Waals surface area contributed by atoms with Gasteiger partial charge < -0.3 is 16.2 Å². The summed E-state index contributed by atoms with van der Waals surface area (Å²) in [5.74, 6) is -0.151. The van der Waals surface area contributed by atoms with Crippen LogP contribution in [0, 0.1) is 0 Å². The molecule has 0 radical (unpaired) electrons. The topological polar surface area (TPSA) is 91.2 Å². The molecule has 0 spiro atoms. The van der Waals surface area contributed by atoms with Gasteiger partial charge in [-0.1, -0.05) is 18.2 Å². The first kappa shape index (κ1) is 13.3. The van der Waals surface area contributed by atoms with Gasteiger partial charge in [-0.15, -0.1) is 0 Å². The first-order valence-corrected chi connectivity index (χ1v) is 5.98. The number of pyridine rings is 1. The number of amides is 1. The van der Waals surface area contributed by atoms with Crippen LogP contribution in [-0.2, 0) is 0 Å². The number of nitrogens with zero attached hydrogens (tertiary/aromatic N) is 1. The van der Waals surface area contributed by atoms with E-state index >= 15 is 0 Å². The number of hydrogen-bond donors (Lipinski definition) is 2. The van der Waals surface area contributed by atoms with Crippen molar-refractivity contribution in [2.45, 2.75) is 19.4 Å². The molecule has 0 unspecified atom stereocenters. The predicted molar refractivity (Wildman–Crippen MR) is 74.0 cm³/mol. The number of carbonyl (C=O) groups excluding carboxylic acids is 1. The molecule has 0 bridgehead atoms. The number of nitrogens with two attached hydrogens (primary N) is 2. The van der Waals surface area contributed by atoms with Gasteiger partial charge in [-0.25, -0.2) is 4.98 Å². The molecule has 0 aliphatic heterocycles. The number of rotatable bonds is 4. The van der Waals surface area contributed by atoms with E-state index in [-0.39, 0.29) is 0 Å². The molecule has 0 fully saturated rings. The Morgan fingerprint density at radius 3 is 2.68 bits per heavy atom. The van der Waals surface area contributed by atoms with Crippen molar-refractivity contribution >= 4 is 16.8 Å². The van der Waals surface area contributed by atoms with Crippen LogP contribution in [0.5, 0.6) is 5.88 Å². The number of aromatic nitrogens is 1. The van der Waals surface area contributed by atoms with Crippen molar-refractivity contribution in [3.63, 3.8) is 0 Å². The molecule has 0 atom stereocenters. The maximum Gasteiger partial charge on any atom is 0.249 e. The van der Waals surface area contributed by atoms with Crippen LogP contribution in [0.15, 0.2) is 30.3 Å². The van der Waals surface area contributed by atoms with Crippen molar-refractivity contribution in [1.29, 1.82) is 0 Å². The third-order valence-corrected chi connectivity index (χ3v) is 2.55. The van der Waals surface area contributed by atoms with Gasteiger partial charge in [-0.3, -0.25) is 4.79 Å². The lowest BCUT2D eigenvalue weighted by Crippen LogP contribution is -2.38. The average Bonchev–Trinajstić information content (AvgIpc) is 2.34. The fraction of sp³-hybridized carbons (Fsp3) is 0.286. The van der Waals surface area contributed by atoms with Gasteiger partial charge in [0.2, 0.25) is 11.8 Å². The second-order valence-corrected chi connectivity index (χ2v) is 5.17. The maximum atomic E-state index is 11.5. The minimum atomic E-state index is -0.504. The van der Waals surface area contributed by atoms with Crippen molar-refractivity contribution in [3.8, 4) is 5.88 Å². The molecule has 0 saturated carbocycles. The molecule has 4 N–H and O–H groups in total. The van der Waals surface area contributed by atoms with Gasteiger partial charge in [0.25, 0.3) is 0 Å². The second-order valence-electron chi connectivity index (χ2n) is 5.17. The molecule has 0 aliphatic rings. The zero-order chi connectivity index (χ0) is 14.0. The first-order chi connectivity index (χ1) is 8.87. The Morgan fingerprint density at radius 2 is 2.05 bits per heavy atom. The molecule has 5 nitrogen and oxygen atoms in total. The van der Waals surface area contributed by atoms with Crippen LogP contribution < -0.4 is 16.2 Å². The smallest absolute Gasteiger partial charge is 0.249 e. The molecular weight excluding hydrogens is 242 g/mol. The molecule has 0 aliphatic carbocycles. The number of benzene rings is 1. The number of hydrogen-bond acceptors (Lipinski definition) is 4. The Bertz CT molecular complexity index is 618.